The third-order valence-corrected chi connectivity index (χ3v) is 24.0. The Morgan fingerprint density at radius 2 is 0.896 bits per heavy atom. The Hall–Kier alpha value is -13.3. The maximum absolute atomic E-state index is 15.8. The smallest absolute Gasteiger partial charge is 0.252 e. The Bertz CT molecular complexity index is 5480. The molecule has 3 aliphatic rings. The highest BCUT2D eigenvalue weighted by molar-refractivity contribution is 6.05. The predicted octanol–water partition coefficient (Wildman–Crippen LogP) is 8.29. The number of H-pyrrole nitrogens is 2. The van der Waals surface area contributed by atoms with Crippen LogP contribution in [0.25, 0.3) is 27.4 Å². The molecular weight excluding hydrogens is 1580 g/mol. The number of aromatic amines is 2. The minimum atomic E-state index is -1.48. The molecule has 3 aliphatic heterocycles. The topological polar surface area (TPSA) is 427 Å². The second-order valence-corrected chi connectivity index (χ2v) is 33.5. The van der Waals surface area contributed by atoms with Gasteiger partial charge in [0.2, 0.25) is 52.9 Å². The molecule has 125 heavy (non-hydrogen) atoms. The number of nitrogens with one attached hydrogen (secondary N) is 13. The number of pyridine rings is 1. The van der Waals surface area contributed by atoms with Crippen LogP contribution < -0.4 is 75.3 Å². The van der Waals surface area contributed by atoms with Crippen LogP contribution in [0.2, 0.25) is 0 Å². The number of hydrogen-bond donors (Lipinski definition) is 16. The molecule has 0 spiro atoms. The van der Waals surface area contributed by atoms with Gasteiger partial charge in [0, 0.05) is 126 Å². The van der Waals surface area contributed by atoms with Gasteiger partial charge in [-0.1, -0.05) is 153 Å². The van der Waals surface area contributed by atoms with E-state index in [1.807, 2.05) is 66.7 Å². The quantitative estimate of drug-likeness (QED) is 0.00662. The summed E-state index contributed by atoms with van der Waals surface area (Å²) in [6, 6.07) is 41.7. The minimum absolute atomic E-state index is 0.0264. The second-order valence-electron chi connectivity index (χ2n) is 33.5. The molecule has 0 unspecified atom stereocenters. The summed E-state index contributed by atoms with van der Waals surface area (Å²) in [6.45, 7) is 9.54. The third-order valence-electron chi connectivity index (χ3n) is 24.0. The molecule has 0 aliphatic carbocycles. The van der Waals surface area contributed by atoms with Crippen molar-refractivity contribution >= 4 is 104 Å². The molecule has 9 aromatic rings. The van der Waals surface area contributed by atoms with Crippen molar-refractivity contribution in [1.82, 2.24) is 68.1 Å². The monoisotopic (exact) mass is 1690 g/mol. The van der Waals surface area contributed by atoms with E-state index >= 15 is 38.4 Å². The van der Waals surface area contributed by atoms with Gasteiger partial charge in [0.1, 0.15) is 55.4 Å². The van der Waals surface area contributed by atoms with Crippen molar-refractivity contribution < 1.29 is 47.7 Å². The van der Waals surface area contributed by atoms with Gasteiger partial charge in [-0.2, -0.15) is 4.58 Å². The average Bonchev–Trinajstić information content (AvgIpc) is 1.60. The van der Waals surface area contributed by atoms with Crippen LogP contribution >= 0.6 is 0 Å². The van der Waals surface area contributed by atoms with E-state index in [0.29, 0.717) is 53.6 Å². The molecule has 12 rings (SSSR count). The SMILES string of the molecule is CN1/C(=C/C=C(/C=C/C2=[N+](C)c3ccccc3C2(C)C)c2ccc(C(=O)NCCCC[C@@H]3NC(=O)[C@H](Cc4c[nH]c5ccccc45)NC(=O)[C@H](Cc4ccccc4)NC(=O)[C@H](Cc4c[nH]c5ccccc45)NC(=O)[C@@H](Cc4ccccc4)NC(=O)[C@H](CCCCN)NC(=O)[C@H](CCCCN)NC(=O)[C@H](CCCNC(=N)N)NC3=O)cn2)C(C)(C)c2ccccc21. The average molecular weight is 1690 g/mol. The molecule has 1 fully saturated rings. The number of fused-ring (bicyclic) bond motifs is 4. The lowest BCUT2D eigenvalue weighted by Gasteiger charge is -2.29. The Morgan fingerprint density at radius 1 is 0.480 bits per heavy atom. The first kappa shape index (κ1) is 90.9. The molecule has 0 saturated carbocycles. The van der Waals surface area contributed by atoms with E-state index in [2.05, 4.69) is 175 Å². The van der Waals surface area contributed by atoms with Crippen molar-refractivity contribution in [3.63, 3.8) is 0 Å². The summed E-state index contributed by atoms with van der Waals surface area (Å²) in [5, 5.41) is 38.6. The maximum Gasteiger partial charge on any atom is 0.252 e. The van der Waals surface area contributed by atoms with Crippen LogP contribution in [0.3, 0.4) is 0 Å². The predicted molar refractivity (Wildman–Crippen MR) is 489 cm³/mol. The van der Waals surface area contributed by atoms with Crippen LogP contribution in [-0.4, -0.2) is 173 Å². The Kier molecular flexibility index (Phi) is 31.0. The molecule has 654 valence electrons. The molecule has 6 aromatic carbocycles. The number of guanidine groups is 1. The molecule has 0 bridgehead atoms. The molecule has 28 heteroatoms. The first-order valence-electron chi connectivity index (χ1n) is 43.3. The van der Waals surface area contributed by atoms with Crippen LogP contribution in [0.15, 0.2) is 218 Å². The van der Waals surface area contributed by atoms with Crippen molar-refractivity contribution in [2.45, 2.75) is 183 Å². The van der Waals surface area contributed by atoms with E-state index in [1.165, 1.54) is 17.3 Å². The molecular formula is C97H118N19O9+. The minimum Gasteiger partial charge on any atom is -0.370 e. The summed E-state index contributed by atoms with van der Waals surface area (Å²) < 4.78 is 2.21. The molecule has 19 N–H and O–H groups in total. The van der Waals surface area contributed by atoms with Crippen LogP contribution in [0.1, 0.15) is 148 Å². The van der Waals surface area contributed by atoms with Gasteiger partial charge in [0.25, 0.3) is 5.91 Å². The van der Waals surface area contributed by atoms with Crippen molar-refractivity contribution in [1.29, 1.82) is 5.41 Å². The summed E-state index contributed by atoms with van der Waals surface area (Å²) in [7, 11) is 4.15. The molecule has 0 radical (unpaired) electrons. The summed E-state index contributed by atoms with van der Waals surface area (Å²) in [5.41, 5.74) is 29.7. The Morgan fingerprint density at radius 3 is 1.36 bits per heavy atom. The maximum atomic E-state index is 15.8. The van der Waals surface area contributed by atoms with Crippen LogP contribution in [0, 0.1) is 5.41 Å². The van der Waals surface area contributed by atoms with Gasteiger partial charge < -0.3 is 85.2 Å². The number of carbonyl (C=O) groups is 9. The molecule has 8 atom stereocenters. The van der Waals surface area contributed by atoms with Crippen molar-refractivity contribution in [2.24, 2.45) is 17.2 Å². The molecule has 9 amide bonds. The number of rotatable bonds is 30. The van der Waals surface area contributed by atoms with Crippen LogP contribution in [0.5, 0.6) is 0 Å². The van der Waals surface area contributed by atoms with Gasteiger partial charge in [0.15, 0.2) is 11.7 Å². The summed E-state index contributed by atoms with van der Waals surface area (Å²) in [5.74, 6) is -7.09. The lowest BCUT2D eigenvalue weighted by atomic mass is 9.81. The number of nitrogens with zero attached hydrogens (tertiary/aromatic N) is 3. The van der Waals surface area contributed by atoms with Gasteiger partial charge in [-0.25, -0.2) is 0 Å². The highest BCUT2D eigenvalue weighted by Crippen LogP contribution is 2.47. The van der Waals surface area contributed by atoms with Crippen molar-refractivity contribution in [2.75, 3.05) is 45.2 Å². The first-order valence-corrected chi connectivity index (χ1v) is 43.3. The van der Waals surface area contributed by atoms with Gasteiger partial charge >= 0.3 is 0 Å². The van der Waals surface area contributed by atoms with Gasteiger partial charge in [-0.3, -0.25) is 53.5 Å². The fourth-order valence-corrected chi connectivity index (χ4v) is 17.0. The zero-order chi connectivity index (χ0) is 88.7. The van der Waals surface area contributed by atoms with E-state index < -0.39 is 101 Å². The van der Waals surface area contributed by atoms with Crippen LogP contribution in [0.4, 0.5) is 11.4 Å². The number of anilines is 1. The zero-order valence-electron chi connectivity index (χ0n) is 72.0. The number of amides is 9. The largest absolute Gasteiger partial charge is 0.370 e. The van der Waals surface area contributed by atoms with E-state index in [4.69, 9.17) is 27.6 Å². The first-order chi connectivity index (χ1) is 60.3. The molecule has 3 aromatic heterocycles. The normalized spacial score (nSPS) is 20.8. The number of benzene rings is 6. The lowest BCUT2D eigenvalue weighted by molar-refractivity contribution is -0.401. The van der Waals surface area contributed by atoms with E-state index in [1.54, 1.807) is 79.1 Å². The Balaban J connectivity index is 0.870. The lowest BCUT2D eigenvalue weighted by Crippen LogP contribution is -2.62. The van der Waals surface area contributed by atoms with Crippen molar-refractivity contribution in [3.05, 3.63) is 263 Å². The molecule has 1 saturated heterocycles. The van der Waals surface area contributed by atoms with E-state index in [9.17, 15) is 4.79 Å². The number of nitrogens with two attached hydrogens (primary N) is 3. The highest BCUT2D eigenvalue weighted by atomic mass is 16.2. The fraction of sp³-hybridized carbons (Fsp3) is 0.361. The van der Waals surface area contributed by atoms with Crippen molar-refractivity contribution in [3.8, 4) is 0 Å². The number of likely N-dealkylation sites (N-methyl/N-ethyl adjacent to an activating group) is 1. The zero-order valence-corrected chi connectivity index (χ0v) is 72.0. The number of unbranched alkanes of at least 4 members (excludes halogenated alkanes) is 3. The van der Waals surface area contributed by atoms with Crippen LogP contribution in [-0.2, 0) is 74.9 Å². The number of hydrogen-bond acceptors (Lipinski definition) is 14. The highest BCUT2D eigenvalue weighted by Gasteiger charge is 2.44. The molecule has 28 nitrogen and oxygen atoms in total. The van der Waals surface area contributed by atoms with E-state index in [0.717, 1.165) is 50.2 Å². The Labute approximate surface area is 729 Å². The number of para-hydroxylation sites is 4. The second kappa shape index (κ2) is 42.6. The fourth-order valence-electron chi connectivity index (χ4n) is 17.0. The van der Waals surface area contributed by atoms with Gasteiger partial charge in [-0.15, -0.1) is 0 Å². The standard InChI is InChI=1S/C97H117N19O9/c1-96(2)69-34-15-19-42-82(69)115(5)84(96)48-45-63(46-49-85-97(3,4)70-35-16-20-43-83(70)116(85)6)71-47-44-64(58-104-71)86(117)102-52-26-23-40-76-88(119)109-77(41-27-53-103-95(100)101)89(120)107-74(38-21-24-50-98)87(118)108-75(39-22-25-51-99)90(121)111-78(54-61-28-9-7-10-29-61)91(122)114-81(57-66-60-106-73-37-18-14-33-68(66)73)94(125)112-79(55-62-30-11-8-12-31-62)92(123)113-80(93(124)110-76)56-65-59-105-72-36-17-13-32-67(65)72/h7-20,28-37,42-49,58-60,74-81,105-106H,21-27,38-41,50-57,98-99H2,1-6H3,(H12-,100,101,102,103,107,108,109,110,111,112,113,114,117,118,119,120,121,122,123,124,125)/p+1/t74-,75-,76-,77-,78+,79-,80-,81-/m0/s1. The van der Waals surface area contributed by atoms with E-state index in [-0.39, 0.29) is 119 Å². The number of allylic oxidation sites excluding steroid dienone is 6. The summed E-state index contributed by atoms with van der Waals surface area (Å²) >= 11 is 0. The number of aromatic nitrogens is 3. The summed E-state index contributed by atoms with van der Waals surface area (Å²) in [4.78, 5) is 152. The number of carbonyl (C=O) groups excluding carboxylic acids is 9. The van der Waals surface area contributed by atoms with Gasteiger partial charge in [0.05, 0.1) is 16.7 Å². The molecule has 6 heterocycles. The third kappa shape index (κ3) is 23.1. The summed E-state index contributed by atoms with van der Waals surface area (Å²) in [6.07, 6.45) is 15.0. The van der Waals surface area contributed by atoms with Gasteiger partial charge in [-0.05, 0) is 168 Å².